The van der Waals surface area contributed by atoms with Crippen LogP contribution in [0.3, 0.4) is 0 Å². The van der Waals surface area contributed by atoms with Crippen LogP contribution < -0.4 is 5.73 Å². The van der Waals surface area contributed by atoms with Crippen LogP contribution in [-0.2, 0) is 4.79 Å². The summed E-state index contributed by atoms with van der Waals surface area (Å²) in [7, 11) is 1.75. The Morgan fingerprint density at radius 2 is 2.33 bits per heavy atom. The molecule has 2 aliphatic rings. The Bertz CT molecular complexity index is 386. The van der Waals surface area contributed by atoms with E-state index >= 15 is 0 Å². The molecule has 1 amide bonds. The molecule has 0 radical (unpaired) electrons. The number of amides is 1. The normalized spacial score (nSPS) is 32.9. The van der Waals surface area contributed by atoms with Gasteiger partial charge in [0.2, 0.25) is 5.96 Å². The zero-order chi connectivity index (χ0) is 11.0. The van der Waals surface area contributed by atoms with Gasteiger partial charge in [0, 0.05) is 17.5 Å². The molecular weight excluding hydrogens is 210 g/mol. The Morgan fingerprint density at radius 1 is 1.60 bits per heavy atom. The highest BCUT2D eigenvalue weighted by atomic mass is 32.2. The largest absolute Gasteiger partial charge is 0.369 e. The molecule has 2 rings (SSSR count). The summed E-state index contributed by atoms with van der Waals surface area (Å²) in [6.07, 6.45) is 6.14. The van der Waals surface area contributed by atoms with Gasteiger partial charge >= 0.3 is 0 Å². The highest BCUT2D eigenvalue weighted by Crippen LogP contribution is 2.29. The van der Waals surface area contributed by atoms with E-state index in [2.05, 4.69) is 24.1 Å². The Hall–Kier alpha value is -1.23. The standard InChI is InChI=1S/C10H13N3OS/c1-6-3-4-7(15-6)5-8-9(14)12-10(11)13(8)2/h3-7H,1-2H3,(H2,11,12,14)/b8-5-. The van der Waals surface area contributed by atoms with E-state index in [0.29, 0.717) is 10.9 Å². The van der Waals surface area contributed by atoms with Gasteiger partial charge in [-0.05, 0) is 13.0 Å². The van der Waals surface area contributed by atoms with Gasteiger partial charge in [0.05, 0.1) is 0 Å². The number of carbonyl (C=O) groups excluding carboxylic acids is 1. The van der Waals surface area contributed by atoms with Crippen LogP contribution in [0.25, 0.3) is 0 Å². The van der Waals surface area contributed by atoms with Crippen LogP contribution in [0.1, 0.15) is 6.92 Å². The van der Waals surface area contributed by atoms with Gasteiger partial charge in [-0.3, -0.25) is 4.79 Å². The molecule has 2 N–H and O–H groups in total. The van der Waals surface area contributed by atoms with Crippen molar-refractivity contribution in [1.82, 2.24) is 4.90 Å². The first-order valence-corrected chi connectivity index (χ1v) is 5.70. The molecule has 2 heterocycles. The molecule has 0 aromatic heterocycles. The average Bonchev–Trinajstić information content (AvgIpc) is 2.67. The highest BCUT2D eigenvalue weighted by molar-refractivity contribution is 8.01. The topological polar surface area (TPSA) is 58.7 Å². The minimum absolute atomic E-state index is 0.247. The lowest BCUT2D eigenvalue weighted by Crippen LogP contribution is -2.29. The summed E-state index contributed by atoms with van der Waals surface area (Å²) in [5, 5.41) is 0.759. The van der Waals surface area contributed by atoms with Crippen molar-refractivity contribution in [2.75, 3.05) is 7.05 Å². The van der Waals surface area contributed by atoms with Crippen molar-refractivity contribution in [1.29, 1.82) is 0 Å². The van der Waals surface area contributed by atoms with E-state index in [-0.39, 0.29) is 17.1 Å². The molecule has 0 bridgehead atoms. The molecule has 4 nitrogen and oxygen atoms in total. The summed E-state index contributed by atoms with van der Waals surface area (Å²) in [6.45, 7) is 2.13. The molecule has 5 heteroatoms. The van der Waals surface area contributed by atoms with E-state index < -0.39 is 0 Å². The first-order valence-electron chi connectivity index (χ1n) is 4.76. The van der Waals surface area contributed by atoms with Crippen molar-refractivity contribution in [3.63, 3.8) is 0 Å². The third-order valence-electron chi connectivity index (χ3n) is 2.41. The van der Waals surface area contributed by atoms with Crippen molar-refractivity contribution in [2.24, 2.45) is 10.7 Å². The number of nitrogens with zero attached hydrogens (tertiary/aromatic N) is 2. The van der Waals surface area contributed by atoms with Crippen LogP contribution in [0.2, 0.25) is 0 Å². The maximum absolute atomic E-state index is 11.5. The lowest BCUT2D eigenvalue weighted by Gasteiger charge is -2.12. The number of likely N-dealkylation sites (N-methyl/N-ethyl adjacent to an activating group) is 1. The molecule has 0 fully saturated rings. The molecule has 80 valence electrons. The number of guanidine groups is 1. The quantitative estimate of drug-likeness (QED) is 0.525. The summed E-state index contributed by atoms with van der Waals surface area (Å²) in [4.78, 5) is 16.8. The number of rotatable bonds is 1. The van der Waals surface area contributed by atoms with Crippen molar-refractivity contribution in [3.05, 3.63) is 23.9 Å². The minimum atomic E-state index is -0.247. The third kappa shape index (κ3) is 1.92. The van der Waals surface area contributed by atoms with Crippen LogP contribution >= 0.6 is 11.8 Å². The average molecular weight is 223 g/mol. The first-order chi connectivity index (χ1) is 7.08. The predicted octanol–water partition coefficient (Wildman–Crippen LogP) is 0.717. The third-order valence-corrected chi connectivity index (χ3v) is 3.60. The summed E-state index contributed by atoms with van der Waals surface area (Å²) >= 11 is 1.80. The predicted molar refractivity (Wildman–Crippen MR) is 62.5 cm³/mol. The second-order valence-electron chi connectivity index (χ2n) is 3.58. The van der Waals surface area contributed by atoms with E-state index in [1.165, 1.54) is 0 Å². The number of thioether (sulfide) groups is 1. The van der Waals surface area contributed by atoms with E-state index in [4.69, 9.17) is 5.73 Å². The number of carbonyl (C=O) groups is 1. The fraction of sp³-hybridized carbons (Fsp3) is 0.400. The molecule has 2 atom stereocenters. The SMILES string of the molecule is CC1C=CC(/C=C2/C(=O)N=C(N)N2C)S1. The van der Waals surface area contributed by atoms with Gasteiger partial charge in [-0.25, -0.2) is 0 Å². The van der Waals surface area contributed by atoms with Gasteiger partial charge in [-0.1, -0.05) is 12.2 Å². The van der Waals surface area contributed by atoms with Crippen LogP contribution in [-0.4, -0.2) is 34.3 Å². The Morgan fingerprint density at radius 3 is 2.80 bits per heavy atom. The second-order valence-corrected chi connectivity index (χ2v) is 5.14. The molecule has 2 unspecified atom stereocenters. The molecule has 15 heavy (non-hydrogen) atoms. The van der Waals surface area contributed by atoms with Crippen LogP contribution in [0.5, 0.6) is 0 Å². The van der Waals surface area contributed by atoms with E-state index in [1.807, 2.05) is 6.08 Å². The smallest absolute Gasteiger partial charge is 0.296 e. The molecule has 0 aromatic carbocycles. The Kier molecular flexibility index (Phi) is 2.56. The van der Waals surface area contributed by atoms with Gasteiger partial charge in [0.25, 0.3) is 5.91 Å². The van der Waals surface area contributed by atoms with Crippen molar-refractivity contribution in [2.45, 2.75) is 17.4 Å². The maximum atomic E-state index is 11.5. The summed E-state index contributed by atoms with van der Waals surface area (Å²) in [5.41, 5.74) is 6.12. The summed E-state index contributed by atoms with van der Waals surface area (Å²) in [6, 6.07) is 0. The van der Waals surface area contributed by atoms with E-state index in [9.17, 15) is 4.79 Å². The molecule has 0 spiro atoms. The summed E-state index contributed by atoms with van der Waals surface area (Å²) in [5.74, 6) is 0.0230. The van der Waals surface area contributed by atoms with Crippen LogP contribution in [0.4, 0.5) is 0 Å². The monoisotopic (exact) mass is 223 g/mol. The number of nitrogens with two attached hydrogens (primary N) is 1. The van der Waals surface area contributed by atoms with Gasteiger partial charge in [0.1, 0.15) is 5.70 Å². The zero-order valence-corrected chi connectivity index (χ0v) is 9.49. The van der Waals surface area contributed by atoms with Crippen LogP contribution in [0, 0.1) is 0 Å². The fourth-order valence-corrected chi connectivity index (χ4v) is 2.61. The lowest BCUT2D eigenvalue weighted by molar-refractivity contribution is -0.114. The molecule has 0 saturated carbocycles. The lowest BCUT2D eigenvalue weighted by atomic mass is 10.2. The summed E-state index contributed by atoms with van der Waals surface area (Å²) < 4.78 is 0. The van der Waals surface area contributed by atoms with Gasteiger partial charge in [-0.2, -0.15) is 4.99 Å². The van der Waals surface area contributed by atoms with Crippen molar-refractivity contribution < 1.29 is 4.79 Å². The Labute approximate surface area is 92.9 Å². The van der Waals surface area contributed by atoms with Crippen molar-refractivity contribution >= 4 is 23.6 Å². The molecule has 0 aromatic rings. The molecule has 0 saturated heterocycles. The first kappa shape index (κ1) is 10.3. The minimum Gasteiger partial charge on any atom is -0.369 e. The van der Waals surface area contributed by atoms with E-state index in [0.717, 1.165) is 0 Å². The van der Waals surface area contributed by atoms with Crippen molar-refractivity contribution in [3.8, 4) is 0 Å². The Balaban J connectivity index is 2.15. The number of aliphatic imine (C=N–C) groups is 1. The molecule has 2 aliphatic heterocycles. The second kappa shape index (κ2) is 3.73. The maximum Gasteiger partial charge on any atom is 0.296 e. The van der Waals surface area contributed by atoms with Crippen LogP contribution in [0.15, 0.2) is 28.9 Å². The van der Waals surface area contributed by atoms with Gasteiger partial charge in [0.15, 0.2) is 0 Å². The van der Waals surface area contributed by atoms with Gasteiger partial charge in [-0.15, -0.1) is 11.8 Å². The molecule has 0 aliphatic carbocycles. The molecular formula is C10H13N3OS. The van der Waals surface area contributed by atoms with E-state index in [1.54, 1.807) is 23.7 Å². The number of hydrogen-bond acceptors (Lipinski definition) is 4. The fourth-order valence-electron chi connectivity index (χ4n) is 1.54. The number of hydrogen-bond donors (Lipinski definition) is 1. The highest BCUT2D eigenvalue weighted by Gasteiger charge is 2.26. The van der Waals surface area contributed by atoms with Gasteiger partial charge < -0.3 is 10.6 Å². The zero-order valence-electron chi connectivity index (χ0n) is 8.68.